The third-order valence-corrected chi connectivity index (χ3v) is 5.07. The molecular weight excluding hydrogens is 284 g/mol. The molecule has 0 saturated carbocycles. The first-order valence-electron chi connectivity index (χ1n) is 8.12. The molecule has 3 heteroatoms. The molecule has 1 aromatic heterocycles. The average Bonchev–Trinajstić information content (AvgIpc) is 2.93. The van der Waals surface area contributed by atoms with Crippen LogP contribution in [0, 0.1) is 0 Å². The van der Waals surface area contributed by atoms with Crippen molar-refractivity contribution in [1.82, 2.24) is 4.98 Å². The van der Waals surface area contributed by atoms with Crippen molar-refractivity contribution in [2.24, 2.45) is 0 Å². The molecule has 0 fully saturated rings. The minimum Gasteiger partial charge on any atom is -0.358 e. The summed E-state index contributed by atoms with van der Waals surface area (Å²) in [6, 6.07) is 10.6. The number of hydrogen-bond acceptors (Lipinski definition) is 3. The Morgan fingerprint density at radius 3 is 2.48 bits per heavy atom. The number of pyridine rings is 1. The lowest BCUT2D eigenvalue weighted by molar-refractivity contribution is -0.112. The number of rotatable bonds is 3. The molecule has 0 bridgehead atoms. The minimum atomic E-state index is -0.604. The summed E-state index contributed by atoms with van der Waals surface area (Å²) in [6.45, 7) is 6.62. The third-order valence-electron chi connectivity index (χ3n) is 5.07. The van der Waals surface area contributed by atoms with Crippen LogP contribution in [0.1, 0.15) is 43.9 Å². The standard InChI is InChI=1S/C20H24N2O/c1-19(2,3)16-5-7-17(8-6-16)22(4)20(14-23)11-9-15-10-12-21-13-18(15)20/h5-8,10,12-14H,9,11H2,1-4H3. The zero-order chi connectivity index (χ0) is 16.7. The number of aldehydes is 1. The van der Waals surface area contributed by atoms with Gasteiger partial charge in [0, 0.05) is 30.7 Å². The first-order valence-corrected chi connectivity index (χ1v) is 8.12. The van der Waals surface area contributed by atoms with Crippen LogP contribution in [0.2, 0.25) is 0 Å². The molecule has 0 N–H and O–H groups in total. The molecule has 0 radical (unpaired) electrons. The van der Waals surface area contributed by atoms with Crippen LogP contribution in [-0.2, 0) is 22.2 Å². The van der Waals surface area contributed by atoms with E-state index in [4.69, 9.17) is 0 Å². The van der Waals surface area contributed by atoms with Crippen molar-refractivity contribution in [3.63, 3.8) is 0 Å². The highest BCUT2D eigenvalue weighted by Gasteiger charge is 2.42. The Hall–Kier alpha value is -2.16. The van der Waals surface area contributed by atoms with Gasteiger partial charge in [0.2, 0.25) is 0 Å². The van der Waals surface area contributed by atoms with Crippen LogP contribution >= 0.6 is 0 Å². The second kappa shape index (κ2) is 5.48. The summed E-state index contributed by atoms with van der Waals surface area (Å²) < 4.78 is 0. The van der Waals surface area contributed by atoms with Gasteiger partial charge in [-0.15, -0.1) is 0 Å². The molecule has 3 rings (SSSR count). The molecule has 23 heavy (non-hydrogen) atoms. The molecule has 0 amide bonds. The second-order valence-corrected chi connectivity index (χ2v) is 7.43. The Labute approximate surface area is 138 Å². The molecule has 1 unspecified atom stereocenters. The van der Waals surface area contributed by atoms with Gasteiger partial charge >= 0.3 is 0 Å². The lowest BCUT2D eigenvalue weighted by Crippen LogP contribution is -2.44. The highest BCUT2D eigenvalue weighted by atomic mass is 16.1. The second-order valence-electron chi connectivity index (χ2n) is 7.43. The number of carbonyl (C=O) groups excluding carboxylic acids is 1. The van der Waals surface area contributed by atoms with E-state index in [1.807, 2.05) is 19.3 Å². The van der Waals surface area contributed by atoms with Crippen molar-refractivity contribution in [3.8, 4) is 0 Å². The number of fused-ring (bicyclic) bond motifs is 1. The van der Waals surface area contributed by atoms with Gasteiger partial charge in [0.15, 0.2) is 0 Å². The maximum Gasteiger partial charge on any atom is 0.150 e. The fourth-order valence-corrected chi connectivity index (χ4v) is 3.46. The molecule has 2 aromatic rings. The summed E-state index contributed by atoms with van der Waals surface area (Å²) in [4.78, 5) is 18.4. The van der Waals surface area contributed by atoms with Crippen molar-refractivity contribution in [1.29, 1.82) is 0 Å². The molecule has 1 aliphatic rings. The Kier molecular flexibility index (Phi) is 3.75. The Morgan fingerprint density at radius 1 is 1.17 bits per heavy atom. The Balaban J connectivity index is 1.99. The van der Waals surface area contributed by atoms with Crippen LogP contribution in [0.15, 0.2) is 42.7 Å². The topological polar surface area (TPSA) is 33.2 Å². The highest BCUT2D eigenvalue weighted by molar-refractivity contribution is 5.77. The maximum absolute atomic E-state index is 12.1. The van der Waals surface area contributed by atoms with E-state index in [2.05, 4.69) is 54.9 Å². The van der Waals surface area contributed by atoms with E-state index in [-0.39, 0.29) is 5.41 Å². The fourth-order valence-electron chi connectivity index (χ4n) is 3.46. The van der Waals surface area contributed by atoms with E-state index in [0.717, 1.165) is 30.4 Å². The number of carbonyl (C=O) groups is 1. The zero-order valence-electron chi connectivity index (χ0n) is 14.3. The van der Waals surface area contributed by atoms with Crippen molar-refractivity contribution < 1.29 is 4.79 Å². The van der Waals surface area contributed by atoms with E-state index < -0.39 is 5.54 Å². The normalized spacial score (nSPS) is 20.2. The SMILES string of the molecule is CN(c1ccc(C(C)(C)C)cc1)C1(C=O)CCc2ccncc21. The molecule has 1 heterocycles. The molecule has 1 aliphatic carbocycles. The molecule has 0 saturated heterocycles. The summed E-state index contributed by atoms with van der Waals surface area (Å²) in [7, 11) is 2.00. The predicted molar refractivity (Wildman–Crippen MR) is 93.8 cm³/mol. The molecule has 0 aliphatic heterocycles. The van der Waals surface area contributed by atoms with E-state index >= 15 is 0 Å². The predicted octanol–water partition coefficient (Wildman–Crippen LogP) is 3.86. The van der Waals surface area contributed by atoms with Gasteiger partial charge in [0.25, 0.3) is 0 Å². The first kappa shape index (κ1) is 15.7. The number of hydrogen-bond donors (Lipinski definition) is 0. The van der Waals surface area contributed by atoms with Gasteiger partial charge in [-0.2, -0.15) is 0 Å². The Morgan fingerprint density at radius 2 is 1.87 bits per heavy atom. The smallest absolute Gasteiger partial charge is 0.150 e. The van der Waals surface area contributed by atoms with Gasteiger partial charge in [-0.25, -0.2) is 0 Å². The minimum absolute atomic E-state index is 0.128. The molecule has 0 spiro atoms. The lowest BCUT2D eigenvalue weighted by Gasteiger charge is -2.37. The number of likely N-dealkylation sites (N-methyl/N-ethyl adjacent to an activating group) is 1. The molecule has 120 valence electrons. The largest absolute Gasteiger partial charge is 0.358 e. The van der Waals surface area contributed by atoms with Gasteiger partial charge in [-0.1, -0.05) is 32.9 Å². The van der Waals surface area contributed by atoms with Crippen LogP contribution in [0.25, 0.3) is 0 Å². The molecule has 1 aromatic carbocycles. The van der Waals surface area contributed by atoms with Crippen molar-refractivity contribution in [3.05, 3.63) is 59.4 Å². The monoisotopic (exact) mass is 308 g/mol. The lowest BCUT2D eigenvalue weighted by atomic mass is 9.86. The van der Waals surface area contributed by atoms with Crippen molar-refractivity contribution >= 4 is 12.0 Å². The van der Waals surface area contributed by atoms with E-state index in [1.165, 1.54) is 11.1 Å². The maximum atomic E-state index is 12.1. The molecule has 3 nitrogen and oxygen atoms in total. The van der Waals surface area contributed by atoms with Crippen LogP contribution < -0.4 is 4.90 Å². The average molecular weight is 308 g/mol. The zero-order valence-corrected chi connectivity index (χ0v) is 14.3. The fraction of sp³-hybridized carbons (Fsp3) is 0.400. The van der Waals surface area contributed by atoms with Gasteiger partial charge in [-0.3, -0.25) is 4.98 Å². The first-order chi connectivity index (χ1) is 10.9. The van der Waals surface area contributed by atoms with E-state index in [0.29, 0.717) is 0 Å². The number of benzene rings is 1. The van der Waals surface area contributed by atoms with Gasteiger partial charge in [0.05, 0.1) is 0 Å². The van der Waals surface area contributed by atoms with Crippen molar-refractivity contribution in [2.45, 2.75) is 44.6 Å². The van der Waals surface area contributed by atoms with E-state index in [1.54, 1.807) is 6.20 Å². The summed E-state index contributed by atoms with van der Waals surface area (Å²) >= 11 is 0. The van der Waals surface area contributed by atoms with Crippen LogP contribution in [0.4, 0.5) is 5.69 Å². The van der Waals surface area contributed by atoms with Crippen LogP contribution in [-0.4, -0.2) is 18.3 Å². The van der Waals surface area contributed by atoms with Gasteiger partial charge < -0.3 is 9.69 Å². The molecule has 1 atom stereocenters. The van der Waals surface area contributed by atoms with Gasteiger partial charge in [-0.05, 0) is 47.6 Å². The number of aryl methyl sites for hydroxylation is 1. The van der Waals surface area contributed by atoms with E-state index in [9.17, 15) is 4.79 Å². The summed E-state index contributed by atoms with van der Waals surface area (Å²) in [6.07, 6.45) is 6.45. The summed E-state index contributed by atoms with van der Waals surface area (Å²) in [5.74, 6) is 0. The molecular formula is C20H24N2O. The number of anilines is 1. The van der Waals surface area contributed by atoms with Crippen LogP contribution in [0.5, 0.6) is 0 Å². The third kappa shape index (κ3) is 2.54. The quantitative estimate of drug-likeness (QED) is 0.807. The van der Waals surface area contributed by atoms with Crippen LogP contribution in [0.3, 0.4) is 0 Å². The summed E-state index contributed by atoms with van der Waals surface area (Å²) in [5.41, 5.74) is 4.14. The van der Waals surface area contributed by atoms with Crippen molar-refractivity contribution in [2.75, 3.05) is 11.9 Å². The Bertz CT molecular complexity index is 715. The number of nitrogens with zero attached hydrogens (tertiary/aromatic N) is 2. The van der Waals surface area contributed by atoms with Gasteiger partial charge in [0.1, 0.15) is 11.8 Å². The summed E-state index contributed by atoms with van der Waals surface area (Å²) in [5, 5.41) is 0. The highest BCUT2D eigenvalue weighted by Crippen LogP contribution is 2.41. The number of aromatic nitrogens is 1.